The van der Waals surface area contributed by atoms with Crippen molar-refractivity contribution >= 4 is 35.1 Å². The normalized spacial score (nSPS) is 10.8. The second-order valence-corrected chi connectivity index (χ2v) is 9.58. The molecule has 4 aromatic carbocycles. The molecule has 0 radical (unpaired) electrons. The Morgan fingerprint density at radius 3 is 1.40 bits per heavy atom. The lowest BCUT2D eigenvalue weighted by Gasteiger charge is -2.19. The van der Waals surface area contributed by atoms with E-state index in [4.69, 9.17) is 47.9 Å². The first-order valence-electron chi connectivity index (χ1n) is 12.2. The van der Waals surface area contributed by atoms with Gasteiger partial charge < -0.3 is 24.7 Å². The Morgan fingerprint density at radius 2 is 1.05 bits per heavy atom. The molecule has 0 atom stereocenters. The van der Waals surface area contributed by atoms with Gasteiger partial charge in [-0.1, -0.05) is 83.9 Å². The van der Waals surface area contributed by atoms with Crippen molar-refractivity contribution in [2.75, 3.05) is 14.2 Å². The van der Waals surface area contributed by atoms with Gasteiger partial charge in [-0.3, -0.25) is 0 Å². The Balaban J connectivity index is 1.63. The highest BCUT2D eigenvalue weighted by atomic mass is 35.5. The molecule has 0 aliphatic rings. The SMILES string of the molecule is COc1c(Cl)cc(C(N)c2cc(Cl)c(OC)c(C(=O)OCc3ccccc3)c2)cc1C(=O)OCc1ccccc1. The summed E-state index contributed by atoms with van der Waals surface area (Å²) < 4.78 is 21.8. The number of hydrogen-bond acceptors (Lipinski definition) is 7. The molecule has 4 rings (SSSR count). The fraction of sp³-hybridized carbons (Fsp3) is 0.161. The van der Waals surface area contributed by atoms with E-state index in [0.29, 0.717) is 11.1 Å². The Morgan fingerprint density at radius 1 is 0.675 bits per heavy atom. The van der Waals surface area contributed by atoms with Gasteiger partial charge in [0.05, 0.1) is 30.3 Å². The number of nitrogens with two attached hydrogens (primary N) is 1. The summed E-state index contributed by atoms with van der Waals surface area (Å²) in [6.45, 7) is 0.137. The van der Waals surface area contributed by atoms with Gasteiger partial charge in [0, 0.05) is 0 Å². The zero-order valence-electron chi connectivity index (χ0n) is 21.9. The molecule has 0 heterocycles. The molecule has 7 nitrogen and oxygen atoms in total. The Bertz CT molecular complexity index is 1380. The second-order valence-electron chi connectivity index (χ2n) is 8.77. The molecule has 0 saturated carbocycles. The van der Waals surface area contributed by atoms with Crippen molar-refractivity contribution < 1.29 is 28.5 Å². The predicted molar refractivity (Wildman–Crippen MR) is 153 cm³/mol. The molecule has 9 heteroatoms. The highest BCUT2D eigenvalue weighted by molar-refractivity contribution is 6.33. The van der Waals surface area contributed by atoms with Crippen molar-refractivity contribution in [2.24, 2.45) is 5.73 Å². The number of hydrogen-bond donors (Lipinski definition) is 1. The number of methoxy groups -OCH3 is 2. The lowest BCUT2D eigenvalue weighted by Crippen LogP contribution is -2.16. The molecular weight excluding hydrogens is 553 g/mol. The average molecular weight is 580 g/mol. The molecule has 0 fully saturated rings. The molecule has 0 aliphatic heterocycles. The summed E-state index contributed by atoms with van der Waals surface area (Å²) in [5.74, 6) is -0.938. The van der Waals surface area contributed by atoms with Crippen LogP contribution in [-0.4, -0.2) is 26.2 Å². The molecular formula is C31H27Cl2NO6. The van der Waals surface area contributed by atoms with Crippen LogP contribution < -0.4 is 15.2 Å². The number of esters is 2. The third-order valence-corrected chi connectivity index (χ3v) is 6.69. The van der Waals surface area contributed by atoms with Crippen molar-refractivity contribution in [1.82, 2.24) is 0 Å². The van der Waals surface area contributed by atoms with Gasteiger partial charge >= 0.3 is 11.9 Å². The first-order chi connectivity index (χ1) is 19.3. The van der Waals surface area contributed by atoms with E-state index < -0.39 is 18.0 Å². The third kappa shape index (κ3) is 6.74. The minimum Gasteiger partial charge on any atom is -0.494 e. The van der Waals surface area contributed by atoms with E-state index in [0.717, 1.165) is 11.1 Å². The Labute approximate surface area is 242 Å². The fourth-order valence-corrected chi connectivity index (χ4v) is 4.71. The van der Waals surface area contributed by atoms with E-state index >= 15 is 0 Å². The van der Waals surface area contributed by atoms with Gasteiger partial charge in [-0.15, -0.1) is 0 Å². The summed E-state index contributed by atoms with van der Waals surface area (Å²) in [4.78, 5) is 26.1. The molecule has 0 unspecified atom stereocenters. The molecule has 206 valence electrons. The number of carbonyl (C=O) groups is 2. The van der Waals surface area contributed by atoms with E-state index in [2.05, 4.69) is 0 Å². The lowest BCUT2D eigenvalue weighted by molar-refractivity contribution is 0.0460. The van der Waals surface area contributed by atoms with Crippen LogP contribution in [0.3, 0.4) is 0 Å². The number of halogens is 2. The molecule has 40 heavy (non-hydrogen) atoms. The zero-order chi connectivity index (χ0) is 28.6. The molecule has 0 aliphatic carbocycles. The van der Waals surface area contributed by atoms with Gasteiger partial charge in [0.2, 0.25) is 0 Å². The summed E-state index contributed by atoms with van der Waals surface area (Å²) in [5.41, 5.74) is 9.42. The summed E-state index contributed by atoms with van der Waals surface area (Å²) in [6.07, 6.45) is 0. The topological polar surface area (TPSA) is 97.1 Å². The maximum absolute atomic E-state index is 13.0. The number of carbonyl (C=O) groups excluding carboxylic acids is 2. The molecule has 0 bridgehead atoms. The quantitative estimate of drug-likeness (QED) is 0.207. The number of benzene rings is 4. The largest absolute Gasteiger partial charge is 0.494 e. The first-order valence-corrected chi connectivity index (χ1v) is 13.0. The van der Waals surface area contributed by atoms with Crippen LogP contribution in [0, 0.1) is 0 Å². The highest BCUT2D eigenvalue weighted by Gasteiger charge is 2.24. The van der Waals surface area contributed by atoms with Gasteiger partial charge in [-0.05, 0) is 46.5 Å². The minimum absolute atomic E-state index is 0.0687. The summed E-state index contributed by atoms with van der Waals surface area (Å²) in [5, 5.41) is 0.341. The average Bonchev–Trinajstić information content (AvgIpc) is 2.98. The van der Waals surface area contributed by atoms with Crippen molar-refractivity contribution in [1.29, 1.82) is 0 Å². The Hall–Kier alpha value is -4.04. The van der Waals surface area contributed by atoms with Gasteiger partial charge in [0.15, 0.2) is 11.5 Å². The third-order valence-electron chi connectivity index (χ3n) is 6.12. The van der Waals surface area contributed by atoms with Gasteiger partial charge in [0.25, 0.3) is 0 Å². The van der Waals surface area contributed by atoms with E-state index in [1.807, 2.05) is 60.7 Å². The van der Waals surface area contributed by atoms with E-state index in [1.54, 1.807) is 24.3 Å². The van der Waals surface area contributed by atoms with Crippen LogP contribution >= 0.6 is 23.2 Å². The van der Waals surface area contributed by atoms with Crippen LogP contribution in [0.1, 0.15) is 49.0 Å². The van der Waals surface area contributed by atoms with Crippen molar-refractivity contribution in [3.63, 3.8) is 0 Å². The fourth-order valence-electron chi connectivity index (χ4n) is 4.10. The molecule has 0 aromatic heterocycles. The smallest absolute Gasteiger partial charge is 0.342 e. The van der Waals surface area contributed by atoms with Gasteiger partial charge in [-0.25, -0.2) is 9.59 Å². The van der Waals surface area contributed by atoms with Crippen LogP contribution in [-0.2, 0) is 22.7 Å². The van der Waals surface area contributed by atoms with Crippen LogP contribution in [0.2, 0.25) is 10.0 Å². The first kappa shape index (κ1) is 29.0. The molecule has 0 amide bonds. The maximum atomic E-state index is 13.0. The summed E-state index contributed by atoms with van der Waals surface area (Å²) >= 11 is 13.0. The van der Waals surface area contributed by atoms with Crippen LogP contribution in [0.25, 0.3) is 0 Å². The van der Waals surface area contributed by atoms with Crippen molar-refractivity contribution in [2.45, 2.75) is 19.3 Å². The van der Waals surface area contributed by atoms with Crippen molar-refractivity contribution in [3.05, 3.63) is 128 Å². The van der Waals surface area contributed by atoms with Crippen LogP contribution in [0.5, 0.6) is 11.5 Å². The monoisotopic (exact) mass is 579 g/mol. The molecule has 4 aromatic rings. The molecule has 2 N–H and O–H groups in total. The Kier molecular flexibility index (Phi) is 9.66. The van der Waals surface area contributed by atoms with Crippen LogP contribution in [0.4, 0.5) is 0 Å². The van der Waals surface area contributed by atoms with Crippen LogP contribution in [0.15, 0.2) is 84.9 Å². The van der Waals surface area contributed by atoms with E-state index in [1.165, 1.54) is 14.2 Å². The second kappa shape index (κ2) is 13.3. The van der Waals surface area contributed by atoms with Gasteiger partial charge in [0.1, 0.15) is 24.3 Å². The zero-order valence-corrected chi connectivity index (χ0v) is 23.4. The predicted octanol–water partition coefficient (Wildman–Crippen LogP) is 6.77. The minimum atomic E-state index is -0.826. The number of ether oxygens (including phenoxy) is 4. The van der Waals surface area contributed by atoms with E-state index in [9.17, 15) is 9.59 Å². The van der Waals surface area contributed by atoms with E-state index in [-0.39, 0.29) is 45.9 Å². The van der Waals surface area contributed by atoms with Crippen molar-refractivity contribution in [3.8, 4) is 11.5 Å². The summed E-state index contributed by atoms with van der Waals surface area (Å²) in [6, 6.07) is 24.0. The molecule has 0 spiro atoms. The maximum Gasteiger partial charge on any atom is 0.342 e. The summed E-state index contributed by atoms with van der Waals surface area (Å²) in [7, 11) is 2.82. The standard InChI is InChI=1S/C31H27Cl2NO6/c1-37-28-23(30(35)39-17-19-9-5-3-6-10-19)13-21(15-25(28)32)27(34)22-14-24(29(38-2)26(33)16-22)31(36)40-18-20-11-7-4-8-12-20/h3-16,27H,17-18,34H2,1-2H3. The van der Waals surface area contributed by atoms with Gasteiger partial charge in [-0.2, -0.15) is 0 Å². The molecule has 0 saturated heterocycles. The number of rotatable bonds is 10. The highest BCUT2D eigenvalue weighted by Crippen LogP contribution is 2.37. The lowest BCUT2D eigenvalue weighted by atomic mass is 9.95.